The second-order valence-electron chi connectivity index (χ2n) is 9.24. The molecule has 4 N–H and O–H groups in total. The summed E-state index contributed by atoms with van der Waals surface area (Å²) in [4.78, 5) is 22.7. The van der Waals surface area contributed by atoms with Gasteiger partial charge in [-0.3, -0.25) is 4.79 Å². The van der Waals surface area contributed by atoms with Gasteiger partial charge in [0.25, 0.3) is 0 Å². The van der Waals surface area contributed by atoms with Crippen molar-refractivity contribution >= 4 is 21.9 Å². The monoisotopic (exact) mass is 488 g/mol. The first-order chi connectivity index (χ1) is 16.4. The lowest BCUT2D eigenvalue weighted by Crippen LogP contribution is -2.52. The number of rotatable bonds is 9. The van der Waals surface area contributed by atoms with Gasteiger partial charge in [-0.1, -0.05) is 6.07 Å². The van der Waals surface area contributed by atoms with Gasteiger partial charge in [-0.25, -0.2) is 13.4 Å². The molecule has 1 aromatic carbocycles. The van der Waals surface area contributed by atoms with Crippen molar-refractivity contribution in [3.8, 4) is 0 Å². The van der Waals surface area contributed by atoms with Crippen molar-refractivity contribution in [3.05, 3.63) is 41.7 Å². The zero-order chi connectivity index (χ0) is 24.0. The molecule has 4 rings (SSSR count). The van der Waals surface area contributed by atoms with Crippen LogP contribution in [0.5, 0.6) is 0 Å². The van der Waals surface area contributed by atoms with Gasteiger partial charge < -0.3 is 20.5 Å². The molecule has 186 valence electrons. The zero-order valence-corrected chi connectivity index (χ0v) is 20.7. The van der Waals surface area contributed by atoms with Gasteiger partial charge in [-0.05, 0) is 88.2 Å². The van der Waals surface area contributed by atoms with Crippen LogP contribution >= 0.6 is 0 Å². The summed E-state index contributed by atoms with van der Waals surface area (Å²) in [7, 11) is -3.84. The number of amides is 1. The Morgan fingerprint density at radius 3 is 2.82 bits per heavy atom. The summed E-state index contributed by atoms with van der Waals surface area (Å²) in [6.45, 7) is 5.03. The van der Waals surface area contributed by atoms with E-state index in [0.717, 1.165) is 50.8 Å². The summed E-state index contributed by atoms with van der Waals surface area (Å²) in [5, 5.41) is 6.52. The number of piperidine rings is 1. The average Bonchev–Trinajstić information content (AvgIpc) is 3.23. The minimum atomic E-state index is -3.84. The Balaban J connectivity index is 1.48. The van der Waals surface area contributed by atoms with Gasteiger partial charge in [0.15, 0.2) is 5.95 Å². The Morgan fingerprint density at radius 1 is 1.24 bits per heavy atom. The third-order valence-corrected chi connectivity index (χ3v) is 8.24. The molecule has 1 amide bonds. The topological polar surface area (TPSA) is 119 Å². The number of sulfonamides is 1. The summed E-state index contributed by atoms with van der Waals surface area (Å²) in [6, 6.07) is 4.66. The molecule has 2 aliphatic heterocycles. The Morgan fingerprint density at radius 2 is 2.06 bits per heavy atom. The van der Waals surface area contributed by atoms with Crippen molar-refractivity contribution < 1.29 is 13.2 Å². The predicted molar refractivity (Wildman–Crippen MR) is 132 cm³/mol. The maximum absolute atomic E-state index is 13.5. The van der Waals surface area contributed by atoms with E-state index in [0.29, 0.717) is 31.9 Å². The summed E-state index contributed by atoms with van der Waals surface area (Å²) in [6.07, 6.45) is 9.11. The molecule has 34 heavy (non-hydrogen) atoms. The number of nitrogens with one attached hydrogen (secondary N) is 4. The Hall–Kier alpha value is -2.43. The third-order valence-electron chi connectivity index (χ3n) is 6.77. The Bertz CT molecular complexity index is 1060. The predicted octanol–water partition coefficient (Wildman–Crippen LogP) is 2.04. The van der Waals surface area contributed by atoms with Crippen LogP contribution in [-0.2, 0) is 27.7 Å². The number of imidazole rings is 1. The number of carbonyl (C=O) groups is 1. The molecular formula is C24H36N6O3S. The number of aromatic amines is 1. The summed E-state index contributed by atoms with van der Waals surface area (Å²) < 4.78 is 29.5. The molecule has 2 atom stereocenters. The summed E-state index contributed by atoms with van der Waals surface area (Å²) in [5.74, 6) is 0.528. The maximum atomic E-state index is 13.5. The van der Waals surface area contributed by atoms with Gasteiger partial charge in [0, 0.05) is 31.5 Å². The highest BCUT2D eigenvalue weighted by atomic mass is 32.2. The van der Waals surface area contributed by atoms with Gasteiger partial charge in [0.1, 0.15) is 6.04 Å². The zero-order valence-electron chi connectivity index (χ0n) is 19.8. The lowest BCUT2D eigenvalue weighted by atomic mass is 10.0. The first-order valence-corrected chi connectivity index (χ1v) is 13.8. The van der Waals surface area contributed by atoms with Crippen LogP contribution in [0, 0.1) is 0 Å². The molecule has 0 radical (unpaired) electrons. The number of H-pyrrole nitrogens is 1. The number of nitrogens with zero attached hydrogens (tertiary/aromatic N) is 2. The minimum Gasteiger partial charge on any atom is -0.356 e. The van der Waals surface area contributed by atoms with Crippen LogP contribution in [-0.4, -0.2) is 67.5 Å². The molecule has 1 fully saturated rings. The smallest absolute Gasteiger partial charge is 0.241 e. The number of carbonyl (C=O) groups excluding carboxylic acids is 1. The number of hydrogen-bond donors (Lipinski definition) is 4. The average molecular weight is 489 g/mol. The Labute approximate surface area is 202 Å². The van der Waals surface area contributed by atoms with Gasteiger partial charge >= 0.3 is 0 Å². The van der Waals surface area contributed by atoms with E-state index in [-0.39, 0.29) is 16.8 Å². The molecule has 3 heterocycles. The summed E-state index contributed by atoms with van der Waals surface area (Å²) >= 11 is 0. The number of fused-ring (bicyclic) bond motifs is 1. The number of aromatic nitrogens is 2. The highest BCUT2D eigenvalue weighted by molar-refractivity contribution is 7.89. The van der Waals surface area contributed by atoms with E-state index < -0.39 is 16.1 Å². The molecule has 1 aromatic heterocycles. The fourth-order valence-corrected chi connectivity index (χ4v) is 6.08. The van der Waals surface area contributed by atoms with Gasteiger partial charge in [0.05, 0.1) is 4.90 Å². The molecule has 2 aliphatic rings. The van der Waals surface area contributed by atoms with E-state index in [1.165, 1.54) is 5.56 Å². The number of hydrogen-bond acceptors (Lipinski definition) is 6. The van der Waals surface area contributed by atoms with Crippen molar-refractivity contribution in [1.82, 2.24) is 24.9 Å². The fraction of sp³-hybridized carbons (Fsp3) is 0.583. The molecule has 10 heteroatoms. The Kier molecular flexibility index (Phi) is 8.23. The third kappa shape index (κ3) is 6.17. The molecule has 2 aromatic rings. The molecule has 1 saturated heterocycles. The second-order valence-corrected chi connectivity index (χ2v) is 11.0. The van der Waals surface area contributed by atoms with Gasteiger partial charge in [0.2, 0.25) is 15.9 Å². The van der Waals surface area contributed by atoms with Crippen LogP contribution in [0.2, 0.25) is 0 Å². The van der Waals surface area contributed by atoms with Crippen LogP contribution in [0.15, 0.2) is 35.5 Å². The maximum Gasteiger partial charge on any atom is 0.241 e. The van der Waals surface area contributed by atoms with Crippen LogP contribution in [0.3, 0.4) is 0 Å². The van der Waals surface area contributed by atoms with Crippen LogP contribution < -0.4 is 15.4 Å². The molecule has 0 aliphatic carbocycles. The first kappa shape index (κ1) is 24.7. The van der Waals surface area contributed by atoms with Crippen LogP contribution in [0.4, 0.5) is 5.95 Å². The van der Waals surface area contributed by atoms with Crippen LogP contribution in [0.1, 0.15) is 50.2 Å². The van der Waals surface area contributed by atoms with Crippen molar-refractivity contribution in [2.45, 2.75) is 68.8 Å². The second kappa shape index (κ2) is 11.3. The van der Waals surface area contributed by atoms with E-state index in [4.69, 9.17) is 0 Å². The lowest BCUT2D eigenvalue weighted by Gasteiger charge is -2.36. The standard InChI is InChI=1S/C24H36N6O3S/c1-18-5-2-3-16-30(18)23(31)22(6-4-11-26-24-27-14-15-28-24)29-34(32,33)21-8-7-19-9-12-25-13-10-20(19)17-21/h7-8,14-15,17-18,22,25,29H,2-6,9-13,16H2,1H3,(H2,26,27,28)/t18-,22+/m1/s1. The fourth-order valence-electron chi connectivity index (χ4n) is 4.81. The summed E-state index contributed by atoms with van der Waals surface area (Å²) in [5.41, 5.74) is 2.24. The number of likely N-dealkylation sites (tertiary alicyclic amines) is 1. The van der Waals surface area contributed by atoms with E-state index in [1.807, 2.05) is 17.9 Å². The largest absolute Gasteiger partial charge is 0.356 e. The van der Waals surface area contributed by atoms with E-state index >= 15 is 0 Å². The normalized spacial score (nSPS) is 19.8. The highest BCUT2D eigenvalue weighted by Crippen LogP contribution is 2.22. The van der Waals surface area contributed by atoms with Crippen molar-refractivity contribution in [1.29, 1.82) is 0 Å². The van der Waals surface area contributed by atoms with Crippen molar-refractivity contribution in [2.75, 3.05) is 31.5 Å². The molecular weight excluding hydrogens is 452 g/mol. The lowest BCUT2D eigenvalue weighted by molar-refractivity contribution is -0.136. The number of anilines is 1. The van der Waals surface area contributed by atoms with Gasteiger partial charge in [-0.2, -0.15) is 4.72 Å². The highest BCUT2D eigenvalue weighted by Gasteiger charge is 2.32. The molecule has 0 spiro atoms. The molecule has 0 saturated carbocycles. The van der Waals surface area contributed by atoms with Crippen molar-refractivity contribution in [3.63, 3.8) is 0 Å². The SMILES string of the molecule is C[C@@H]1CCCCN1C(=O)[C@H](CCCNc1ncc[nH]1)NS(=O)(=O)c1ccc2c(c1)CCNCC2. The first-order valence-electron chi connectivity index (χ1n) is 12.3. The number of benzene rings is 1. The molecule has 9 nitrogen and oxygen atoms in total. The van der Waals surface area contributed by atoms with E-state index in [9.17, 15) is 13.2 Å². The molecule has 0 bridgehead atoms. The minimum absolute atomic E-state index is 0.120. The molecule has 0 unspecified atom stereocenters. The quantitative estimate of drug-likeness (QED) is 0.401. The van der Waals surface area contributed by atoms with Gasteiger partial charge in [-0.15, -0.1) is 0 Å². The van der Waals surface area contributed by atoms with Crippen molar-refractivity contribution in [2.24, 2.45) is 0 Å². The van der Waals surface area contributed by atoms with E-state index in [2.05, 4.69) is 25.3 Å². The van der Waals surface area contributed by atoms with E-state index in [1.54, 1.807) is 24.5 Å². The van der Waals surface area contributed by atoms with Crippen LogP contribution in [0.25, 0.3) is 0 Å².